The van der Waals surface area contributed by atoms with Gasteiger partial charge in [0.1, 0.15) is 0 Å². The number of halogens is 2. The van der Waals surface area contributed by atoms with E-state index in [9.17, 15) is 0 Å². The summed E-state index contributed by atoms with van der Waals surface area (Å²) in [6.07, 6.45) is 0.975. The molecule has 1 aliphatic carbocycles. The van der Waals surface area contributed by atoms with Crippen molar-refractivity contribution >= 4 is 20.5 Å². The molecule has 0 aromatic heterocycles. The Labute approximate surface area is 161 Å². The molecule has 0 fully saturated rings. The fourth-order valence-corrected chi connectivity index (χ4v) is 8.67. The molecule has 0 aliphatic heterocycles. The molecule has 0 spiro atoms. The number of benzene rings is 2. The second kappa shape index (κ2) is 6.25. The minimum absolute atomic E-state index is 0.100. The first-order valence-electron chi connectivity index (χ1n) is 8.48. The van der Waals surface area contributed by atoms with Crippen molar-refractivity contribution in [3.63, 3.8) is 0 Å². The van der Waals surface area contributed by atoms with Crippen molar-refractivity contribution in [2.24, 2.45) is 0 Å². The van der Waals surface area contributed by atoms with Crippen molar-refractivity contribution < 1.29 is 19.1 Å². The minimum atomic E-state index is -2.66. The van der Waals surface area contributed by atoms with Crippen LogP contribution in [-0.4, -0.2) is 0 Å². The molecule has 1 aliphatic rings. The Hall–Kier alpha value is -0.110. The third kappa shape index (κ3) is 3.41. The summed E-state index contributed by atoms with van der Waals surface area (Å²) in [6, 6.07) is 11.6. The Balaban J connectivity index is 2.25. The molecule has 2 aromatic rings. The molecule has 0 atom stereocenters. The molecule has 0 amide bonds. The van der Waals surface area contributed by atoms with Crippen LogP contribution in [0.3, 0.4) is 0 Å². The van der Waals surface area contributed by atoms with Gasteiger partial charge in [0.25, 0.3) is 0 Å². The van der Waals surface area contributed by atoms with Gasteiger partial charge >= 0.3 is 162 Å². The van der Waals surface area contributed by atoms with E-state index in [1.54, 1.807) is 0 Å². The van der Waals surface area contributed by atoms with E-state index in [0.717, 1.165) is 6.42 Å². The summed E-state index contributed by atoms with van der Waals surface area (Å²) in [6.45, 7) is 13.6. The Morgan fingerprint density at radius 3 is 1.92 bits per heavy atom. The number of hydrogen-bond acceptors (Lipinski definition) is 0. The maximum absolute atomic E-state index is 6.53. The summed E-state index contributed by atoms with van der Waals surface area (Å²) in [5, 5.41) is 0. The molecule has 0 N–H and O–H groups in total. The van der Waals surface area contributed by atoms with E-state index >= 15 is 0 Å². The molecule has 2 aromatic carbocycles. The van der Waals surface area contributed by atoms with Crippen molar-refractivity contribution in [2.75, 3.05) is 0 Å². The SMILES string of the molecule is CC(C)(C)c1ccc2c(c1)-c1cc(C(C)(C)C)c[c]([Hf]([Cl])[Cl])c1C2. The standard InChI is InChI=1S/C21H25.2ClH.Hf/c1-20(2,3)16-9-7-14-11-15-8-10-17(21(4,5)6)13-19(15)18(14)12-16;;;/h7,9-10,12-13H,11H2,1-6H3;2*1H;/q;;;+2/p-2. The molecule has 3 rings (SSSR count). The monoisotopic (exact) mass is 527 g/mol. The third-order valence-corrected chi connectivity index (χ3v) is 11.4. The van der Waals surface area contributed by atoms with Gasteiger partial charge < -0.3 is 0 Å². The van der Waals surface area contributed by atoms with Crippen LogP contribution in [0.2, 0.25) is 0 Å². The normalized spacial score (nSPS) is 13.7. The Bertz CT molecular complexity index is 793. The van der Waals surface area contributed by atoms with Gasteiger partial charge in [-0.3, -0.25) is 0 Å². The van der Waals surface area contributed by atoms with Crippen LogP contribution in [0.1, 0.15) is 63.8 Å². The molecular formula is C21H25Cl2Hf. The zero-order valence-corrected chi connectivity index (χ0v) is 20.5. The van der Waals surface area contributed by atoms with Gasteiger partial charge in [0, 0.05) is 0 Å². The summed E-state index contributed by atoms with van der Waals surface area (Å²) in [5.74, 6) is 0. The molecule has 0 nitrogen and oxygen atoms in total. The molecule has 0 unspecified atom stereocenters. The van der Waals surface area contributed by atoms with Gasteiger partial charge in [0.2, 0.25) is 0 Å². The van der Waals surface area contributed by atoms with Gasteiger partial charge in [-0.2, -0.15) is 0 Å². The summed E-state index contributed by atoms with van der Waals surface area (Å²) in [5.41, 5.74) is 8.52. The Kier molecular flexibility index (Phi) is 4.86. The van der Waals surface area contributed by atoms with Crippen LogP contribution in [0.25, 0.3) is 11.1 Å². The second-order valence-electron chi connectivity index (χ2n) is 8.86. The average molecular weight is 527 g/mol. The fraction of sp³-hybridized carbons (Fsp3) is 0.429. The molecular weight excluding hydrogens is 502 g/mol. The molecule has 0 heterocycles. The van der Waals surface area contributed by atoms with Crippen LogP contribution in [0, 0.1) is 0 Å². The quantitative estimate of drug-likeness (QED) is 0.322. The molecule has 0 radical (unpaired) electrons. The predicted molar refractivity (Wildman–Crippen MR) is 103 cm³/mol. The molecule has 3 heteroatoms. The van der Waals surface area contributed by atoms with Gasteiger partial charge in [0.15, 0.2) is 0 Å². The molecule has 127 valence electrons. The first-order chi connectivity index (χ1) is 11.0. The predicted octanol–water partition coefficient (Wildman–Crippen LogP) is 6.40. The molecule has 0 saturated heterocycles. The fourth-order valence-electron chi connectivity index (χ4n) is 3.34. The summed E-state index contributed by atoms with van der Waals surface area (Å²) in [4.78, 5) is 0. The maximum atomic E-state index is 6.53. The summed E-state index contributed by atoms with van der Waals surface area (Å²) < 4.78 is 1.28. The van der Waals surface area contributed by atoms with Crippen LogP contribution < -0.4 is 3.32 Å². The third-order valence-electron chi connectivity index (χ3n) is 4.95. The van der Waals surface area contributed by atoms with Crippen molar-refractivity contribution in [3.8, 4) is 11.1 Å². The van der Waals surface area contributed by atoms with Crippen LogP contribution in [0.15, 0.2) is 30.3 Å². The summed E-state index contributed by atoms with van der Waals surface area (Å²) in [7, 11) is 13.1. The van der Waals surface area contributed by atoms with E-state index in [1.165, 1.54) is 36.7 Å². The van der Waals surface area contributed by atoms with Crippen LogP contribution in [0.5, 0.6) is 0 Å². The second-order valence-corrected chi connectivity index (χ2v) is 20.4. The van der Waals surface area contributed by atoms with Gasteiger partial charge in [-0.15, -0.1) is 0 Å². The van der Waals surface area contributed by atoms with E-state index in [2.05, 4.69) is 71.9 Å². The Morgan fingerprint density at radius 1 is 0.792 bits per heavy atom. The van der Waals surface area contributed by atoms with E-state index < -0.39 is 19.1 Å². The summed E-state index contributed by atoms with van der Waals surface area (Å²) >= 11 is -2.66. The van der Waals surface area contributed by atoms with Crippen molar-refractivity contribution in [3.05, 3.63) is 52.6 Å². The first-order valence-corrected chi connectivity index (χ1v) is 19.2. The number of hydrogen-bond donors (Lipinski definition) is 0. The first kappa shape index (κ1) is 18.7. The van der Waals surface area contributed by atoms with Crippen molar-refractivity contribution in [2.45, 2.75) is 58.8 Å². The number of rotatable bonds is 1. The molecule has 0 saturated carbocycles. The van der Waals surface area contributed by atoms with Gasteiger partial charge in [0.05, 0.1) is 0 Å². The molecule has 24 heavy (non-hydrogen) atoms. The van der Waals surface area contributed by atoms with E-state index in [-0.39, 0.29) is 10.8 Å². The van der Waals surface area contributed by atoms with E-state index in [4.69, 9.17) is 17.2 Å². The van der Waals surface area contributed by atoms with Gasteiger partial charge in [-0.25, -0.2) is 0 Å². The van der Waals surface area contributed by atoms with Crippen molar-refractivity contribution in [1.82, 2.24) is 0 Å². The topological polar surface area (TPSA) is 0 Å². The number of fused-ring (bicyclic) bond motifs is 3. The van der Waals surface area contributed by atoms with Crippen molar-refractivity contribution in [1.29, 1.82) is 0 Å². The van der Waals surface area contributed by atoms with Crippen LogP contribution in [0.4, 0.5) is 0 Å². The van der Waals surface area contributed by atoms with E-state index in [1.807, 2.05) is 0 Å². The zero-order valence-electron chi connectivity index (χ0n) is 15.3. The molecule has 0 bridgehead atoms. The van der Waals surface area contributed by atoms with Crippen LogP contribution in [-0.2, 0) is 36.3 Å². The van der Waals surface area contributed by atoms with Gasteiger partial charge in [-0.05, 0) is 0 Å². The van der Waals surface area contributed by atoms with E-state index in [0.29, 0.717) is 0 Å². The Morgan fingerprint density at radius 2 is 1.38 bits per heavy atom. The zero-order chi connectivity index (χ0) is 17.9. The van der Waals surface area contributed by atoms with Crippen LogP contribution >= 0.6 is 17.2 Å². The van der Waals surface area contributed by atoms with Gasteiger partial charge in [-0.1, -0.05) is 0 Å². The average Bonchev–Trinajstić information content (AvgIpc) is 2.81.